The third-order valence-electron chi connectivity index (χ3n) is 2.02. The maximum atomic E-state index is 13.0. The van der Waals surface area contributed by atoms with Crippen molar-refractivity contribution in [1.82, 2.24) is 9.97 Å². The van der Waals surface area contributed by atoms with Gasteiger partial charge in [-0.3, -0.25) is 0 Å². The van der Waals surface area contributed by atoms with Crippen LogP contribution < -0.4 is 0 Å². The fourth-order valence-electron chi connectivity index (χ4n) is 1.21. The van der Waals surface area contributed by atoms with Crippen molar-refractivity contribution in [3.05, 3.63) is 53.9 Å². The Balaban J connectivity index is 2.21. The molecule has 0 amide bonds. The van der Waals surface area contributed by atoms with Crippen LogP contribution >= 0.6 is 0 Å². The van der Waals surface area contributed by atoms with Crippen LogP contribution in [-0.2, 0) is 0 Å². The predicted octanol–water partition coefficient (Wildman–Crippen LogP) is 2.49. The summed E-state index contributed by atoms with van der Waals surface area (Å²) >= 11 is 0. The second kappa shape index (κ2) is 4.53. The van der Waals surface area contributed by atoms with Crippen LogP contribution in [-0.4, -0.2) is 15.1 Å². The molecule has 0 aliphatic rings. The lowest BCUT2D eigenvalue weighted by Crippen LogP contribution is -1.81. The van der Waals surface area contributed by atoms with Gasteiger partial charge in [-0.1, -0.05) is 12.1 Å². The zero-order valence-electron chi connectivity index (χ0n) is 8.34. The Labute approximate surface area is 91.9 Å². The quantitative estimate of drug-likeness (QED) is 0.838. The van der Waals surface area contributed by atoms with Gasteiger partial charge >= 0.3 is 0 Å². The average molecular weight is 216 g/mol. The van der Waals surface area contributed by atoms with Gasteiger partial charge in [-0.05, 0) is 29.8 Å². The van der Waals surface area contributed by atoms with Crippen molar-refractivity contribution in [2.45, 2.75) is 0 Å². The zero-order chi connectivity index (χ0) is 11.4. The molecule has 4 heteroatoms. The maximum absolute atomic E-state index is 13.0. The summed E-state index contributed by atoms with van der Waals surface area (Å²) in [5.74, 6) is -0.982. The first-order valence-corrected chi connectivity index (χ1v) is 4.68. The number of aromatic nitrogens is 2. The van der Waals surface area contributed by atoms with E-state index in [4.69, 9.17) is 5.11 Å². The molecule has 0 aliphatic heterocycles. The summed E-state index contributed by atoms with van der Waals surface area (Å²) in [4.78, 5) is 7.78. The molecule has 16 heavy (non-hydrogen) atoms. The van der Waals surface area contributed by atoms with Crippen LogP contribution in [0.25, 0.3) is 12.2 Å². The molecule has 0 saturated carbocycles. The van der Waals surface area contributed by atoms with Gasteiger partial charge in [-0.2, -0.15) is 0 Å². The molecule has 0 radical (unpaired) electrons. The van der Waals surface area contributed by atoms with Crippen LogP contribution in [0, 0.1) is 5.82 Å². The van der Waals surface area contributed by atoms with Gasteiger partial charge in [0.25, 0.3) is 0 Å². The smallest absolute Gasteiger partial charge is 0.165 e. The molecule has 2 rings (SSSR count). The van der Waals surface area contributed by atoms with Crippen molar-refractivity contribution < 1.29 is 9.50 Å². The molecule has 1 N–H and O–H groups in total. The van der Waals surface area contributed by atoms with Crippen molar-refractivity contribution in [2.24, 2.45) is 0 Å². The number of aromatic hydroxyl groups is 1. The number of halogens is 1. The van der Waals surface area contributed by atoms with Crippen LogP contribution in [0.3, 0.4) is 0 Å². The highest BCUT2D eigenvalue weighted by Gasteiger charge is 1.98. The van der Waals surface area contributed by atoms with Gasteiger partial charge in [-0.15, -0.1) is 0 Å². The topological polar surface area (TPSA) is 46.0 Å². The Morgan fingerprint density at radius 1 is 1.19 bits per heavy atom. The first-order chi connectivity index (χ1) is 7.75. The van der Waals surface area contributed by atoms with E-state index in [1.165, 1.54) is 18.5 Å². The Morgan fingerprint density at radius 3 is 2.75 bits per heavy atom. The molecule has 0 aliphatic carbocycles. The molecule has 0 spiro atoms. The molecular weight excluding hydrogens is 207 g/mol. The van der Waals surface area contributed by atoms with Crippen molar-refractivity contribution in [1.29, 1.82) is 0 Å². The Kier molecular flexibility index (Phi) is 2.91. The number of phenols is 1. The first kappa shape index (κ1) is 10.3. The molecule has 0 unspecified atom stereocenters. The van der Waals surface area contributed by atoms with Gasteiger partial charge in [-0.25, -0.2) is 14.4 Å². The van der Waals surface area contributed by atoms with Crippen LogP contribution in [0.2, 0.25) is 0 Å². The molecule has 80 valence electrons. The van der Waals surface area contributed by atoms with E-state index in [0.29, 0.717) is 5.56 Å². The summed E-state index contributed by atoms with van der Waals surface area (Å²) in [6.45, 7) is 0. The van der Waals surface area contributed by atoms with Crippen molar-refractivity contribution in [3.63, 3.8) is 0 Å². The van der Waals surface area contributed by atoms with E-state index in [1.807, 2.05) is 0 Å². The number of nitrogens with zero attached hydrogens (tertiary/aromatic N) is 2. The van der Waals surface area contributed by atoms with Gasteiger partial charge in [0.1, 0.15) is 6.33 Å². The second-order valence-corrected chi connectivity index (χ2v) is 3.18. The fraction of sp³-hybridized carbons (Fsp3) is 0. The predicted molar refractivity (Wildman–Crippen MR) is 59.0 cm³/mol. The summed E-state index contributed by atoms with van der Waals surface area (Å²) in [5, 5.41) is 9.01. The molecule has 3 nitrogen and oxygen atoms in total. The molecule has 0 fully saturated rings. The van der Waals surface area contributed by atoms with Crippen LogP contribution in [0.1, 0.15) is 11.3 Å². The molecule has 2 aromatic rings. The van der Waals surface area contributed by atoms with E-state index in [0.717, 1.165) is 5.69 Å². The lowest BCUT2D eigenvalue weighted by molar-refractivity contribution is 0.432. The molecule has 1 aromatic carbocycles. The Morgan fingerprint density at radius 2 is 2.06 bits per heavy atom. The van der Waals surface area contributed by atoms with E-state index in [2.05, 4.69) is 9.97 Å². The van der Waals surface area contributed by atoms with Gasteiger partial charge in [0.2, 0.25) is 0 Å². The van der Waals surface area contributed by atoms with Gasteiger partial charge in [0, 0.05) is 6.20 Å². The molecule has 1 heterocycles. The number of benzene rings is 1. The van der Waals surface area contributed by atoms with Crippen LogP contribution in [0.5, 0.6) is 5.75 Å². The number of rotatable bonds is 2. The van der Waals surface area contributed by atoms with Gasteiger partial charge < -0.3 is 5.11 Å². The number of hydrogen-bond donors (Lipinski definition) is 1. The highest BCUT2D eigenvalue weighted by molar-refractivity contribution is 5.68. The molecule has 0 saturated heterocycles. The maximum Gasteiger partial charge on any atom is 0.165 e. The molecule has 0 bridgehead atoms. The third kappa shape index (κ3) is 2.42. The second-order valence-electron chi connectivity index (χ2n) is 3.18. The van der Waals surface area contributed by atoms with Crippen molar-refractivity contribution in [2.75, 3.05) is 0 Å². The van der Waals surface area contributed by atoms with Crippen molar-refractivity contribution in [3.8, 4) is 5.75 Å². The summed E-state index contributed by atoms with van der Waals surface area (Å²) in [7, 11) is 0. The minimum absolute atomic E-state index is 0.348. The minimum atomic E-state index is -0.634. The van der Waals surface area contributed by atoms with Gasteiger partial charge in [0.15, 0.2) is 11.6 Å². The highest BCUT2D eigenvalue weighted by atomic mass is 19.1. The van der Waals surface area contributed by atoms with E-state index in [1.54, 1.807) is 30.5 Å². The standard InChI is InChI=1S/C12H9FN2O/c13-11-7-9(2-4-12(11)16)1-3-10-5-6-14-8-15-10/h1-8,16H/b3-1+. The van der Waals surface area contributed by atoms with Crippen LogP contribution in [0.4, 0.5) is 4.39 Å². The van der Waals surface area contributed by atoms with E-state index in [-0.39, 0.29) is 5.75 Å². The summed E-state index contributed by atoms with van der Waals surface area (Å²) in [6, 6.07) is 5.94. The summed E-state index contributed by atoms with van der Waals surface area (Å²) in [5.41, 5.74) is 1.40. The number of hydrogen-bond acceptors (Lipinski definition) is 3. The molecular formula is C12H9FN2O. The third-order valence-corrected chi connectivity index (χ3v) is 2.02. The Hall–Kier alpha value is -2.23. The fourth-order valence-corrected chi connectivity index (χ4v) is 1.21. The highest BCUT2D eigenvalue weighted by Crippen LogP contribution is 2.17. The minimum Gasteiger partial charge on any atom is -0.505 e. The van der Waals surface area contributed by atoms with Gasteiger partial charge in [0.05, 0.1) is 5.69 Å². The average Bonchev–Trinajstić information content (AvgIpc) is 2.32. The largest absolute Gasteiger partial charge is 0.505 e. The monoisotopic (exact) mass is 216 g/mol. The van der Waals surface area contributed by atoms with E-state index < -0.39 is 5.82 Å². The van der Waals surface area contributed by atoms with Crippen LogP contribution in [0.15, 0.2) is 36.8 Å². The summed E-state index contributed by atoms with van der Waals surface area (Å²) in [6.07, 6.45) is 6.53. The molecule has 0 atom stereocenters. The first-order valence-electron chi connectivity index (χ1n) is 4.68. The summed E-state index contributed by atoms with van der Waals surface area (Å²) < 4.78 is 13.0. The number of phenolic OH excluding ortho intramolecular Hbond substituents is 1. The zero-order valence-corrected chi connectivity index (χ0v) is 8.34. The lowest BCUT2D eigenvalue weighted by atomic mass is 10.2. The van der Waals surface area contributed by atoms with E-state index in [9.17, 15) is 4.39 Å². The SMILES string of the molecule is Oc1ccc(/C=C/c2ccncn2)cc1F. The Bertz CT molecular complexity index is 512. The lowest BCUT2D eigenvalue weighted by Gasteiger charge is -1.96. The normalized spacial score (nSPS) is 10.8. The molecule has 1 aromatic heterocycles. The van der Waals surface area contributed by atoms with Crippen molar-refractivity contribution >= 4 is 12.2 Å². The van der Waals surface area contributed by atoms with E-state index >= 15 is 0 Å².